The number of thiazole rings is 1. The molecule has 3 aromatic rings. The van der Waals surface area contributed by atoms with Crippen LogP contribution in [0.4, 0.5) is 11.6 Å². The largest absolute Gasteiger partial charge is 0.339 e. The molecule has 4 heterocycles. The molecule has 0 radical (unpaired) electrons. The lowest BCUT2D eigenvalue weighted by atomic mass is 9.93. The summed E-state index contributed by atoms with van der Waals surface area (Å²) in [7, 11) is 0. The predicted octanol–water partition coefficient (Wildman–Crippen LogP) is 4.48. The Morgan fingerprint density at radius 1 is 1.23 bits per heavy atom. The van der Waals surface area contributed by atoms with E-state index in [1.54, 1.807) is 23.6 Å². The van der Waals surface area contributed by atoms with Crippen LogP contribution < -0.4 is 5.32 Å². The Morgan fingerprint density at radius 3 is 2.93 bits per heavy atom. The molecule has 154 valence electrons. The Balaban J connectivity index is 1.35. The van der Waals surface area contributed by atoms with Gasteiger partial charge in [-0.3, -0.25) is 4.79 Å². The molecule has 0 aromatic carbocycles. The number of pyridine rings is 2. The zero-order valence-electron chi connectivity index (χ0n) is 17.0. The number of amides is 1. The van der Waals surface area contributed by atoms with E-state index in [1.807, 2.05) is 53.6 Å². The molecule has 1 atom stereocenters. The molecule has 6 nitrogen and oxygen atoms in total. The second-order valence-corrected chi connectivity index (χ2v) is 8.54. The molecule has 1 amide bonds. The summed E-state index contributed by atoms with van der Waals surface area (Å²) >= 11 is 1.59. The Labute approximate surface area is 180 Å². The monoisotopic (exact) mass is 419 g/mol. The van der Waals surface area contributed by atoms with Gasteiger partial charge in [-0.15, -0.1) is 11.3 Å². The van der Waals surface area contributed by atoms with Crippen LogP contribution in [0, 0.1) is 12.8 Å². The maximum Gasteiger partial charge on any atom is 0.246 e. The number of aromatic nitrogens is 3. The first-order valence-electron chi connectivity index (χ1n) is 10.2. The van der Waals surface area contributed by atoms with E-state index >= 15 is 0 Å². The molecule has 1 aliphatic heterocycles. The summed E-state index contributed by atoms with van der Waals surface area (Å²) in [5.74, 6) is 2.04. The van der Waals surface area contributed by atoms with Gasteiger partial charge in [0, 0.05) is 36.4 Å². The zero-order chi connectivity index (χ0) is 20.8. The third-order valence-electron chi connectivity index (χ3n) is 5.09. The molecule has 0 bridgehead atoms. The van der Waals surface area contributed by atoms with Gasteiger partial charge in [0.1, 0.15) is 11.6 Å². The van der Waals surface area contributed by atoms with Gasteiger partial charge in [0.15, 0.2) is 0 Å². The summed E-state index contributed by atoms with van der Waals surface area (Å²) in [4.78, 5) is 28.0. The number of carbonyl (C=O) groups is 1. The molecule has 1 aliphatic rings. The van der Waals surface area contributed by atoms with E-state index in [0.29, 0.717) is 5.92 Å². The van der Waals surface area contributed by atoms with Crippen molar-refractivity contribution >= 4 is 35.0 Å². The minimum atomic E-state index is 0.0591. The number of hydrogen-bond donors (Lipinski definition) is 1. The molecule has 30 heavy (non-hydrogen) atoms. The van der Waals surface area contributed by atoms with Gasteiger partial charge in [-0.25, -0.2) is 15.0 Å². The average molecular weight is 420 g/mol. The van der Waals surface area contributed by atoms with Crippen molar-refractivity contribution in [1.29, 1.82) is 0 Å². The molecule has 0 unspecified atom stereocenters. The third kappa shape index (κ3) is 5.51. The van der Waals surface area contributed by atoms with Crippen LogP contribution in [0.15, 0.2) is 54.1 Å². The Bertz CT molecular complexity index is 1020. The molecule has 1 saturated heterocycles. The number of nitrogens with zero attached hydrogens (tertiary/aromatic N) is 4. The van der Waals surface area contributed by atoms with E-state index in [0.717, 1.165) is 60.4 Å². The molecule has 1 N–H and O–H groups in total. The standard InChI is InChI=1S/C23H25N5OS/c1-17-25-20(16-30-17)10-11-23(29)28-13-5-6-18(15-28)14-19-7-4-9-22(26-19)27-21-8-2-3-12-24-21/h2-4,7-12,16,18H,5-6,13-15H2,1H3,(H,24,26,27)/b11-10+/t18-/m0/s1. The average Bonchev–Trinajstić information content (AvgIpc) is 3.18. The second kappa shape index (κ2) is 9.63. The van der Waals surface area contributed by atoms with Crippen LogP contribution in [0.1, 0.15) is 29.2 Å². The van der Waals surface area contributed by atoms with E-state index < -0.39 is 0 Å². The van der Waals surface area contributed by atoms with Gasteiger partial charge in [-0.2, -0.15) is 0 Å². The SMILES string of the molecule is Cc1nc(/C=C/C(=O)N2CCC[C@@H](Cc3cccc(Nc4ccccn4)n3)C2)cs1. The van der Waals surface area contributed by atoms with Crippen molar-refractivity contribution in [3.63, 3.8) is 0 Å². The van der Waals surface area contributed by atoms with Crippen LogP contribution in [0.25, 0.3) is 6.08 Å². The first-order valence-corrected chi connectivity index (χ1v) is 11.1. The molecule has 1 fully saturated rings. The highest BCUT2D eigenvalue weighted by atomic mass is 32.1. The Morgan fingerprint density at radius 2 is 2.13 bits per heavy atom. The van der Waals surface area contributed by atoms with Crippen molar-refractivity contribution in [2.75, 3.05) is 18.4 Å². The molecule has 0 spiro atoms. The number of rotatable bonds is 6. The van der Waals surface area contributed by atoms with Gasteiger partial charge in [0.05, 0.1) is 10.7 Å². The first-order chi connectivity index (χ1) is 14.7. The number of anilines is 2. The number of piperidine rings is 1. The lowest BCUT2D eigenvalue weighted by Crippen LogP contribution is -2.39. The van der Waals surface area contributed by atoms with Crippen molar-refractivity contribution in [1.82, 2.24) is 19.9 Å². The van der Waals surface area contributed by atoms with Crippen LogP contribution in [0.3, 0.4) is 0 Å². The highest BCUT2D eigenvalue weighted by Crippen LogP contribution is 2.22. The molecule has 0 saturated carbocycles. The van der Waals surface area contributed by atoms with Gasteiger partial charge in [0.2, 0.25) is 5.91 Å². The van der Waals surface area contributed by atoms with Crippen LogP contribution in [-0.4, -0.2) is 38.8 Å². The molecule has 3 aromatic heterocycles. The quantitative estimate of drug-likeness (QED) is 0.597. The van der Waals surface area contributed by atoms with E-state index in [2.05, 4.69) is 21.4 Å². The highest BCUT2D eigenvalue weighted by Gasteiger charge is 2.23. The topological polar surface area (TPSA) is 71.0 Å². The van der Waals surface area contributed by atoms with E-state index in [-0.39, 0.29) is 5.91 Å². The van der Waals surface area contributed by atoms with Crippen molar-refractivity contribution in [3.05, 3.63) is 70.4 Å². The highest BCUT2D eigenvalue weighted by molar-refractivity contribution is 7.09. The van der Waals surface area contributed by atoms with Gasteiger partial charge >= 0.3 is 0 Å². The van der Waals surface area contributed by atoms with Gasteiger partial charge in [0.25, 0.3) is 0 Å². The number of likely N-dealkylation sites (tertiary alicyclic amines) is 1. The summed E-state index contributed by atoms with van der Waals surface area (Å²) < 4.78 is 0. The minimum absolute atomic E-state index is 0.0591. The lowest BCUT2D eigenvalue weighted by molar-refractivity contribution is -0.127. The van der Waals surface area contributed by atoms with E-state index in [4.69, 9.17) is 4.98 Å². The van der Waals surface area contributed by atoms with Crippen LogP contribution in [0.2, 0.25) is 0 Å². The second-order valence-electron chi connectivity index (χ2n) is 7.48. The number of aryl methyl sites for hydroxylation is 1. The number of nitrogens with one attached hydrogen (secondary N) is 1. The minimum Gasteiger partial charge on any atom is -0.339 e. The van der Waals surface area contributed by atoms with Gasteiger partial charge in [-0.1, -0.05) is 12.1 Å². The molecule has 0 aliphatic carbocycles. The molecule has 7 heteroatoms. The van der Waals surface area contributed by atoms with Crippen molar-refractivity contribution < 1.29 is 4.79 Å². The summed E-state index contributed by atoms with van der Waals surface area (Å²) in [6.45, 7) is 3.54. The van der Waals surface area contributed by atoms with Gasteiger partial charge in [-0.05, 0) is 62.4 Å². The van der Waals surface area contributed by atoms with E-state index in [1.165, 1.54) is 0 Å². The third-order valence-corrected chi connectivity index (χ3v) is 5.88. The van der Waals surface area contributed by atoms with Crippen molar-refractivity contribution in [2.45, 2.75) is 26.2 Å². The summed E-state index contributed by atoms with van der Waals surface area (Å²) in [6, 6.07) is 11.8. The number of carbonyl (C=O) groups excluding carboxylic acids is 1. The molecular formula is C23H25N5OS. The van der Waals surface area contributed by atoms with Crippen LogP contribution in [0.5, 0.6) is 0 Å². The smallest absolute Gasteiger partial charge is 0.246 e. The predicted molar refractivity (Wildman–Crippen MR) is 121 cm³/mol. The molecular weight excluding hydrogens is 394 g/mol. The fourth-order valence-corrected chi connectivity index (χ4v) is 4.26. The maximum atomic E-state index is 12.6. The van der Waals surface area contributed by atoms with Crippen molar-refractivity contribution in [3.8, 4) is 0 Å². The maximum absolute atomic E-state index is 12.6. The summed E-state index contributed by atoms with van der Waals surface area (Å²) in [6.07, 6.45) is 8.20. The summed E-state index contributed by atoms with van der Waals surface area (Å²) in [5.41, 5.74) is 1.88. The van der Waals surface area contributed by atoms with Crippen LogP contribution in [-0.2, 0) is 11.2 Å². The zero-order valence-corrected chi connectivity index (χ0v) is 17.8. The molecule has 4 rings (SSSR count). The van der Waals surface area contributed by atoms with E-state index in [9.17, 15) is 4.79 Å². The van der Waals surface area contributed by atoms with Gasteiger partial charge < -0.3 is 10.2 Å². The fraction of sp³-hybridized carbons (Fsp3) is 0.304. The van der Waals surface area contributed by atoms with Crippen molar-refractivity contribution in [2.24, 2.45) is 5.92 Å². The van der Waals surface area contributed by atoms with Crippen LogP contribution >= 0.6 is 11.3 Å². The normalized spacial score (nSPS) is 16.7. The fourth-order valence-electron chi connectivity index (χ4n) is 3.68. The first kappa shape index (κ1) is 20.2. The summed E-state index contributed by atoms with van der Waals surface area (Å²) in [5, 5.41) is 6.22. The lowest BCUT2D eigenvalue weighted by Gasteiger charge is -2.32. The Hall–Kier alpha value is -3.06. The number of hydrogen-bond acceptors (Lipinski definition) is 6. The Kier molecular flexibility index (Phi) is 6.49.